The van der Waals surface area contributed by atoms with Crippen LogP contribution in [0.3, 0.4) is 0 Å². The minimum absolute atomic E-state index is 0.320. The van der Waals surface area contributed by atoms with Gasteiger partial charge in [-0.1, -0.05) is 6.92 Å². The van der Waals surface area contributed by atoms with E-state index in [-0.39, 0.29) is 5.97 Å². The molecule has 0 aliphatic carbocycles. The van der Waals surface area contributed by atoms with Crippen LogP contribution in [0.25, 0.3) is 0 Å². The molecule has 0 bridgehead atoms. The first-order valence-electron chi connectivity index (χ1n) is 6.03. The predicted octanol–water partition coefficient (Wildman–Crippen LogP) is 3.26. The molecule has 0 unspecified atom stereocenters. The van der Waals surface area contributed by atoms with Gasteiger partial charge in [-0.15, -0.1) is 11.8 Å². The maximum atomic E-state index is 11.6. The summed E-state index contributed by atoms with van der Waals surface area (Å²) in [5, 5.41) is 3.08. The topological polar surface area (TPSA) is 47.6 Å². The summed E-state index contributed by atoms with van der Waals surface area (Å²) in [7, 11) is 3.01. The maximum Gasteiger partial charge on any atom is 0.345 e. The van der Waals surface area contributed by atoms with Crippen molar-refractivity contribution < 1.29 is 14.3 Å². The van der Waals surface area contributed by atoms with Gasteiger partial charge in [0, 0.05) is 11.9 Å². The number of methoxy groups -OCH3 is 2. The highest BCUT2D eigenvalue weighted by Crippen LogP contribution is 2.20. The third-order valence-electron chi connectivity index (χ3n) is 2.31. The van der Waals surface area contributed by atoms with Gasteiger partial charge >= 0.3 is 5.97 Å². The van der Waals surface area contributed by atoms with Gasteiger partial charge in [-0.3, -0.25) is 0 Å². The van der Waals surface area contributed by atoms with Crippen LogP contribution in [0.2, 0.25) is 0 Å². The number of carbonyl (C=O) groups excluding carboxylic acids is 1. The van der Waals surface area contributed by atoms with Crippen molar-refractivity contribution in [1.29, 1.82) is 0 Å². The van der Waals surface area contributed by atoms with Crippen LogP contribution in [0.4, 0.5) is 5.69 Å². The number of ether oxygens (including phenoxy) is 2. The highest BCUT2D eigenvalue weighted by atomic mass is 32.2. The van der Waals surface area contributed by atoms with Crippen LogP contribution in [-0.2, 0) is 9.53 Å². The van der Waals surface area contributed by atoms with Crippen molar-refractivity contribution in [2.45, 2.75) is 13.3 Å². The number of thioether (sulfide) groups is 1. The quantitative estimate of drug-likeness (QED) is 0.614. The Morgan fingerprint density at radius 3 is 2.53 bits per heavy atom. The van der Waals surface area contributed by atoms with Gasteiger partial charge in [0.05, 0.1) is 14.2 Å². The van der Waals surface area contributed by atoms with Gasteiger partial charge in [0.25, 0.3) is 0 Å². The summed E-state index contributed by atoms with van der Waals surface area (Å²) in [5.74, 6) is 1.35. The maximum absolute atomic E-state index is 11.6. The highest BCUT2D eigenvalue weighted by molar-refractivity contribution is 8.03. The monoisotopic (exact) mass is 281 g/mol. The van der Waals surface area contributed by atoms with Crippen LogP contribution < -0.4 is 10.1 Å². The van der Waals surface area contributed by atoms with Crippen molar-refractivity contribution in [2.24, 2.45) is 0 Å². The number of benzene rings is 1. The Morgan fingerprint density at radius 1 is 1.32 bits per heavy atom. The lowest BCUT2D eigenvalue weighted by molar-refractivity contribution is -0.135. The van der Waals surface area contributed by atoms with Crippen molar-refractivity contribution in [1.82, 2.24) is 0 Å². The van der Waals surface area contributed by atoms with E-state index < -0.39 is 0 Å². The Bertz CT molecular complexity index is 429. The van der Waals surface area contributed by atoms with Crippen LogP contribution in [-0.4, -0.2) is 25.9 Å². The summed E-state index contributed by atoms with van der Waals surface area (Å²) in [6, 6.07) is 7.48. The fourth-order valence-electron chi connectivity index (χ4n) is 1.31. The van der Waals surface area contributed by atoms with E-state index in [2.05, 4.69) is 12.2 Å². The summed E-state index contributed by atoms with van der Waals surface area (Å²) in [6.45, 7) is 2.07. The first-order valence-corrected chi connectivity index (χ1v) is 7.01. The Balaban J connectivity index is 2.69. The van der Waals surface area contributed by atoms with Gasteiger partial charge in [-0.25, -0.2) is 4.79 Å². The van der Waals surface area contributed by atoms with Gasteiger partial charge in [-0.2, -0.15) is 0 Å². The summed E-state index contributed by atoms with van der Waals surface area (Å²) in [4.78, 5) is 12.1. The number of carbonyl (C=O) groups is 1. The molecule has 0 atom stereocenters. The molecular formula is C14H19NO3S. The van der Waals surface area contributed by atoms with E-state index in [1.54, 1.807) is 13.3 Å². The number of anilines is 1. The molecule has 1 aromatic rings. The average molecular weight is 281 g/mol. The van der Waals surface area contributed by atoms with Crippen LogP contribution in [0.15, 0.2) is 35.4 Å². The van der Waals surface area contributed by atoms with Crippen LogP contribution in [0.1, 0.15) is 13.3 Å². The van der Waals surface area contributed by atoms with E-state index >= 15 is 0 Å². The smallest absolute Gasteiger partial charge is 0.345 e. The zero-order valence-corrected chi connectivity index (χ0v) is 12.3. The average Bonchev–Trinajstić information content (AvgIpc) is 2.47. The van der Waals surface area contributed by atoms with Crippen LogP contribution in [0.5, 0.6) is 5.75 Å². The van der Waals surface area contributed by atoms with E-state index in [1.807, 2.05) is 24.3 Å². The van der Waals surface area contributed by atoms with Gasteiger partial charge in [0.2, 0.25) is 0 Å². The van der Waals surface area contributed by atoms with Crippen molar-refractivity contribution in [3.8, 4) is 5.75 Å². The molecule has 5 heteroatoms. The zero-order chi connectivity index (χ0) is 14.1. The third-order valence-corrected chi connectivity index (χ3v) is 3.52. The molecule has 0 aromatic heterocycles. The number of hydrogen-bond donors (Lipinski definition) is 1. The summed E-state index contributed by atoms with van der Waals surface area (Å²) >= 11 is 1.48. The lowest BCUT2D eigenvalue weighted by Gasteiger charge is -2.07. The molecule has 104 valence electrons. The van der Waals surface area contributed by atoms with E-state index in [1.165, 1.54) is 18.9 Å². The molecule has 0 saturated heterocycles. The lowest BCUT2D eigenvalue weighted by atomic mass is 10.3. The molecule has 0 radical (unpaired) electrons. The normalized spacial score (nSPS) is 11.0. The Morgan fingerprint density at radius 2 is 2.00 bits per heavy atom. The summed E-state index contributed by atoms with van der Waals surface area (Å²) in [6.07, 6.45) is 2.68. The van der Waals surface area contributed by atoms with E-state index in [0.717, 1.165) is 23.6 Å². The largest absolute Gasteiger partial charge is 0.497 e. The summed E-state index contributed by atoms with van der Waals surface area (Å²) < 4.78 is 9.83. The highest BCUT2D eigenvalue weighted by Gasteiger charge is 2.09. The van der Waals surface area contributed by atoms with Crippen molar-refractivity contribution in [3.05, 3.63) is 35.4 Å². The van der Waals surface area contributed by atoms with Crippen molar-refractivity contribution in [2.75, 3.05) is 25.3 Å². The molecule has 0 saturated carbocycles. The SMILES string of the molecule is CCCS/C(=C\Nc1ccc(OC)cc1)C(=O)OC. The Labute approximate surface area is 118 Å². The first-order chi connectivity index (χ1) is 9.21. The van der Waals surface area contributed by atoms with Crippen LogP contribution >= 0.6 is 11.8 Å². The molecule has 0 aliphatic heterocycles. The zero-order valence-electron chi connectivity index (χ0n) is 11.4. The molecular weight excluding hydrogens is 262 g/mol. The second kappa shape index (κ2) is 8.48. The second-order valence-corrected chi connectivity index (χ2v) is 4.86. The molecule has 0 aliphatic rings. The number of nitrogens with one attached hydrogen (secondary N) is 1. The fraction of sp³-hybridized carbons (Fsp3) is 0.357. The Kier molecular flexibility index (Phi) is 6.89. The first kappa shape index (κ1) is 15.4. The molecule has 19 heavy (non-hydrogen) atoms. The third kappa shape index (κ3) is 5.26. The molecule has 1 rings (SSSR count). The van der Waals surface area contributed by atoms with E-state index in [9.17, 15) is 4.79 Å². The number of esters is 1. The van der Waals surface area contributed by atoms with Gasteiger partial charge < -0.3 is 14.8 Å². The number of rotatable bonds is 7. The fourth-order valence-corrected chi connectivity index (χ4v) is 2.08. The Hall–Kier alpha value is -1.62. The van der Waals surface area contributed by atoms with E-state index in [0.29, 0.717) is 4.91 Å². The second-order valence-electron chi connectivity index (χ2n) is 3.72. The molecule has 0 spiro atoms. The molecule has 0 fully saturated rings. The minimum Gasteiger partial charge on any atom is -0.497 e. The predicted molar refractivity (Wildman–Crippen MR) is 79.5 cm³/mol. The molecule has 1 aromatic carbocycles. The van der Waals surface area contributed by atoms with Gasteiger partial charge in [-0.05, 0) is 36.4 Å². The van der Waals surface area contributed by atoms with Crippen LogP contribution in [0, 0.1) is 0 Å². The number of hydrogen-bond acceptors (Lipinski definition) is 5. The standard InChI is InChI=1S/C14H19NO3S/c1-4-9-19-13(14(16)18-3)10-15-11-5-7-12(17-2)8-6-11/h5-8,10,15H,4,9H2,1-3H3/b13-10-. The lowest BCUT2D eigenvalue weighted by Crippen LogP contribution is -2.04. The molecule has 0 amide bonds. The summed E-state index contributed by atoms with van der Waals surface area (Å²) in [5.41, 5.74) is 0.888. The van der Waals surface area contributed by atoms with E-state index in [4.69, 9.17) is 9.47 Å². The minimum atomic E-state index is -0.320. The van der Waals surface area contributed by atoms with Gasteiger partial charge in [0.15, 0.2) is 0 Å². The van der Waals surface area contributed by atoms with Gasteiger partial charge in [0.1, 0.15) is 10.7 Å². The molecule has 1 N–H and O–H groups in total. The van der Waals surface area contributed by atoms with Crippen molar-refractivity contribution >= 4 is 23.4 Å². The molecule has 4 nitrogen and oxygen atoms in total. The molecule has 0 heterocycles. The van der Waals surface area contributed by atoms with Crippen molar-refractivity contribution in [3.63, 3.8) is 0 Å².